The molecule has 6 heteroatoms. The van der Waals surface area contributed by atoms with Crippen LogP contribution in [0.1, 0.15) is 101 Å². The van der Waals surface area contributed by atoms with Crippen molar-refractivity contribution in [3.05, 3.63) is 130 Å². The zero-order chi connectivity index (χ0) is 32.6. The number of aromatic nitrogens is 2. The summed E-state index contributed by atoms with van der Waals surface area (Å²) in [5, 5.41) is 1.85. The van der Waals surface area contributed by atoms with Gasteiger partial charge in [-0.3, -0.25) is 0 Å². The highest BCUT2D eigenvalue weighted by Crippen LogP contribution is 2.59. The second-order valence-corrected chi connectivity index (χ2v) is 16.3. The molecule has 0 radical (unpaired) electrons. The van der Waals surface area contributed by atoms with Gasteiger partial charge in [0.05, 0.1) is 0 Å². The summed E-state index contributed by atoms with van der Waals surface area (Å²) in [5.41, 5.74) is 6.65. The molecule has 2 nitrogen and oxygen atoms in total. The Labute approximate surface area is 279 Å². The topological polar surface area (TPSA) is 8.81 Å². The van der Waals surface area contributed by atoms with E-state index in [9.17, 15) is 0 Å². The Hall–Kier alpha value is -2.97. The maximum Gasteiger partial charge on any atom is 0.369 e. The van der Waals surface area contributed by atoms with Gasteiger partial charge in [-0.15, -0.1) is 4.57 Å². The van der Waals surface area contributed by atoms with Gasteiger partial charge in [0.15, 0.2) is 0 Å². The first-order chi connectivity index (χ1) is 21.4. The SMILES string of the molecule is CC(C)c1cccc(C(C)C)c1-n1c([P+](F)(c2ccccc2)c2ccccc2)c(Cl)[n+](-c2c(C(C)C)cccc2C(C)C)c1Cl. The summed E-state index contributed by atoms with van der Waals surface area (Å²) in [6, 6.07) is 31.7. The van der Waals surface area contributed by atoms with Crippen LogP contribution in [0.25, 0.3) is 11.4 Å². The third kappa shape index (κ3) is 5.89. The van der Waals surface area contributed by atoms with E-state index in [1.807, 2.05) is 69.8 Å². The molecule has 1 aromatic heterocycles. The molecule has 45 heavy (non-hydrogen) atoms. The molecule has 4 aromatic carbocycles. The van der Waals surface area contributed by atoms with Crippen LogP contribution < -0.4 is 20.6 Å². The van der Waals surface area contributed by atoms with Gasteiger partial charge in [-0.2, -0.15) is 4.57 Å². The number of hydrogen-bond acceptors (Lipinski definition) is 0. The Morgan fingerprint density at radius 3 is 1.31 bits per heavy atom. The minimum atomic E-state index is -3.85. The Morgan fingerprint density at radius 2 is 0.933 bits per heavy atom. The predicted molar refractivity (Wildman–Crippen MR) is 193 cm³/mol. The molecular weight excluding hydrogens is 617 g/mol. The fraction of sp³-hybridized carbons (Fsp3) is 0.308. The van der Waals surface area contributed by atoms with Crippen molar-refractivity contribution in [1.29, 1.82) is 0 Å². The third-order valence-electron chi connectivity index (χ3n) is 8.61. The molecule has 0 aliphatic heterocycles. The summed E-state index contributed by atoms with van der Waals surface area (Å²) in [5.74, 6) is 0.694. The first kappa shape index (κ1) is 33.4. The van der Waals surface area contributed by atoms with Crippen LogP contribution in [0.2, 0.25) is 10.4 Å². The molecule has 0 fully saturated rings. The van der Waals surface area contributed by atoms with Crippen LogP contribution in [0, 0.1) is 0 Å². The van der Waals surface area contributed by atoms with E-state index in [0.29, 0.717) is 26.5 Å². The van der Waals surface area contributed by atoms with Crippen molar-refractivity contribution in [2.75, 3.05) is 0 Å². The quantitative estimate of drug-likeness (QED) is 0.110. The number of imidazole rings is 1. The van der Waals surface area contributed by atoms with Crippen molar-refractivity contribution >= 4 is 46.8 Å². The van der Waals surface area contributed by atoms with Crippen LogP contribution >= 0.6 is 30.8 Å². The van der Waals surface area contributed by atoms with Crippen LogP contribution in [0.4, 0.5) is 4.20 Å². The molecule has 0 saturated carbocycles. The monoisotopic (exact) mass is 660 g/mol. The normalized spacial score (nSPS) is 12.2. The first-order valence-electron chi connectivity index (χ1n) is 15.9. The second kappa shape index (κ2) is 13.4. The fourth-order valence-electron chi connectivity index (χ4n) is 6.31. The summed E-state index contributed by atoms with van der Waals surface area (Å²) in [6.45, 7) is 17.4. The van der Waals surface area contributed by atoms with Crippen LogP contribution in [-0.4, -0.2) is 4.57 Å². The van der Waals surface area contributed by atoms with Gasteiger partial charge in [-0.1, -0.05) is 128 Å². The van der Waals surface area contributed by atoms with E-state index in [2.05, 4.69) is 91.8 Å². The van der Waals surface area contributed by atoms with Crippen LogP contribution in [0.15, 0.2) is 97.1 Å². The number of rotatable bonds is 9. The minimum Gasteiger partial charge on any atom is -0.163 e. The Balaban J connectivity index is 2.08. The minimum absolute atomic E-state index is 0.159. The Morgan fingerprint density at radius 1 is 0.556 bits per heavy atom. The second-order valence-electron chi connectivity index (χ2n) is 13.0. The summed E-state index contributed by atoms with van der Waals surface area (Å²) < 4.78 is 22.9. The summed E-state index contributed by atoms with van der Waals surface area (Å²) in [4.78, 5) is 0. The maximum atomic E-state index is 19.0. The molecule has 0 saturated heterocycles. The van der Waals surface area contributed by atoms with Crippen molar-refractivity contribution in [1.82, 2.24) is 4.57 Å². The highest BCUT2D eigenvalue weighted by atomic mass is 35.5. The van der Waals surface area contributed by atoms with Crippen molar-refractivity contribution in [2.24, 2.45) is 0 Å². The summed E-state index contributed by atoms with van der Waals surface area (Å²) in [7, 11) is -3.85. The van der Waals surface area contributed by atoms with Gasteiger partial charge < -0.3 is 0 Å². The zero-order valence-corrected chi connectivity index (χ0v) is 29.9. The molecule has 0 bridgehead atoms. The van der Waals surface area contributed by atoms with E-state index in [4.69, 9.17) is 23.2 Å². The van der Waals surface area contributed by atoms with E-state index in [0.717, 1.165) is 33.6 Å². The van der Waals surface area contributed by atoms with Gasteiger partial charge in [0.1, 0.15) is 22.0 Å². The third-order valence-corrected chi connectivity index (χ3v) is 12.4. The molecule has 0 spiro atoms. The van der Waals surface area contributed by atoms with Gasteiger partial charge in [-0.05, 0) is 63.7 Å². The molecule has 0 N–H and O–H groups in total. The van der Waals surface area contributed by atoms with E-state index in [1.54, 1.807) is 0 Å². The van der Waals surface area contributed by atoms with Gasteiger partial charge >= 0.3 is 18.3 Å². The molecule has 5 rings (SSSR count). The molecule has 0 aliphatic carbocycles. The number of nitrogens with zero attached hydrogens (tertiary/aromatic N) is 2. The molecule has 0 unspecified atom stereocenters. The lowest BCUT2D eigenvalue weighted by molar-refractivity contribution is -0.590. The maximum absolute atomic E-state index is 19.0. The lowest BCUT2D eigenvalue weighted by Gasteiger charge is -2.20. The standard InChI is InChI=1S/C39H44Cl2FN2P/c1-25(2)31-21-15-22-32(26(3)4)35(31)43-37(40)38(45(42,29-17-11-9-12-18-29)30-19-13-10-14-20-30)44(39(43)41)36-33(27(5)6)23-16-24-34(36)28(7)8/h9-28H,1-8H3/q+2. The fourth-order valence-corrected chi connectivity index (χ4v) is 10.1. The van der Waals surface area contributed by atoms with E-state index in [1.165, 1.54) is 0 Å². The Bertz CT molecular complexity index is 1700. The Kier molecular flexibility index (Phi) is 9.95. The van der Waals surface area contributed by atoms with Crippen molar-refractivity contribution < 1.29 is 8.76 Å². The molecule has 0 aliphatic rings. The lowest BCUT2D eigenvalue weighted by Crippen LogP contribution is -2.37. The summed E-state index contributed by atoms with van der Waals surface area (Å²) >= 11 is 15.4. The molecular formula is C39H44Cl2FN2P+2. The van der Waals surface area contributed by atoms with Crippen LogP contribution in [0.3, 0.4) is 0 Å². The molecule has 0 atom stereocenters. The predicted octanol–water partition coefficient (Wildman–Crippen LogP) is 10.7. The van der Waals surface area contributed by atoms with Crippen molar-refractivity contribution in [3.8, 4) is 11.4 Å². The average Bonchev–Trinajstić information content (AvgIpc) is 3.29. The number of para-hydroxylation sites is 2. The van der Waals surface area contributed by atoms with E-state index >= 15 is 4.20 Å². The molecule has 0 amide bonds. The zero-order valence-electron chi connectivity index (χ0n) is 27.5. The molecule has 234 valence electrons. The van der Waals surface area contributed by atoms with Crippen molar-refractivity contribution in [2.45, 2.75) is 79.1 Å². The van der Waals surface area contributed by atoms with E-state index < -0.39 is 7.57 Å². The van der Waals surface area contributed by atoms with E-state index in [-0.39, 0.29) is 23.7 Å². The molecule has 5 aromatic rings. The average molecular weight is 662 g/mol. The van der Waals surface area contributed by atoms with Gasteiger partial charge in [0, 0.05) is 33.9 Å². The smallest absolute Gasteiger partial charge is 0.163 e. The van der Waals surface area contributed by atoms with Crippen LogP contribution in [-0.2, 0) is 0 Å². The van der Waals surface area contributed by atoms with Crippen LogP contribution in [0.5, 0.6) is 0 Å². The van der Waals surface area contributed by atoms with Crippen molar-refractivity contribution in [3.63, 3.8) is 0 Å². The number of hydrogen-bond donors (Lipinski definition) is 0. The largest absolute Gasteiger partial charge is 0.369 e. The van der Waals surface area contributed by atoms with Gasteiger partial charge in [0.2, 0.25) is 0 Å². The molecule has 1 heterocycles. The van der Waals surface area contributed by atoms with Gasteiger partial charge in [-0.25, -0.2) is 0 Å². The summed E-state index contributed by atoms with van der Waals surface area (Å²) in [6.07, 6.45) is 0. The number of benzene rings is 4. The first-order valence-corrected chi connectivity index (χ1v) is 18.3. The lowest BCUT2D eigenvalue weighted by atomic mass is 9.92. The highest BCUT2D eigenvalue weighted by molar-refractivity contribution is 7.91. The van der Waals surface area contributed by atoms with Gasteiger partial charge in [0.25, 0.3) is 5.15 Å². The highest BCUT2D eigenvalue weighted by Gasteiger charge is 2.59. The number of halogens is 3.